The van der Waals surface area contributed by atoms with Crippen LogP contribution in [0.15, 0.2) is 28.6 Å². The van der Waals surface area contributed by atoms with E-state index < -0.39 is 6.43 Å². The zero-order valence-electron chi connectivity index (χ0n) is 9.06. The largest absolute Gasteiger partial charge is 0.264 e. The molecule has 1 aromatic carbocycles. The van der Waals surface area contributed by atoms with Gasteiger partial charge in [-0.3, -0.25) is 5.01 Å². The third kappa shape index (κ3) is 1.82. The highest BCUT2D eigenvalue weighted by Crippen LogP contribution is 2.31. The Labute approximate surface area is 92.1 Å². The SMILES string of the molecule is Cc1c(C(F)F)cccc1N1CN(C)N=N1. The molecule has 0 saturated heterocycles. The molecule has 2 rings (SSSR count). The number of anilines is 1. The summed E-state index contributed by atoms with van der Waals surface area (Å²) in [4.78, 5) is 0. The lowest BCUT2D eigenvalue weighted by Crippen LogP contribution is -2.22. The van der Waals surface area contributed by atoms with E-state index in [1.54, 1.807) is 36.1 Å². The van der Waals surface area contributed by atoms with Crippen molar-refractivity contribution >= 4 is 5.69 Å². The Bertz CT molecular complexity index is 419. The molecule has 1 aromatic rings. The van der Waals surface area contributed by atoms with Crippen LogP contribution < -0.4 is 5.01 Å². The van der Waals surface area contributed by atoms with Crippen molar-refractivity contribution in [3.63, 3.8) is 0 Å². The summed E-state index contributed by atoms with van der Waals surface area (Å²) in [6, 6.07) is 4.80. The average molecular weight is 226 g/mol. The minimum atomic E-state index is -2.46. The Hall–Kier alpha value is -1.72. The second-order valence-electron chi connectivity index (χ2n) is 3.67. The number of hydrogen-bond donors (Lipinski definition) is 0. The van der Waals surface area contributed by atoms with Gasteiger partial charge in [0.25, 0.3) is 6.43 Å². The monoisotopic (exact) mass is 226 g/mol. The van der Waals surface area contributed by atoms with Crippen molar-refractivity contribution in [1.82, 2.24) is 5.01 Å². The van der Waals surface area contributed by atoms with Gasteiger partial charge in [0.05, 0.1) is 5.69 Å². The fraction of sp³-hybridized carbons (Fsp3) is 0.400. The minimum Gasteiger partial charge on any atom is -0.258 e. The second kappa shape index (κ2) is 4.03. The maximum absolute atomic E-state index is 12.7. The summed E-state index contributed by atoms with van der Waals surface area (Å²) in [6.45, 7) is 2.15. The van der Waals surface area contributed by atoms with Gasteiger partial charge in [0.1, 0.15) is 6.67 Å². The summed E-state index contributed by atoms with van der Waals surface area (Å²) in [5.74, 6) is 0. The Morgan fingerprint density at radius 3 is 2.62 bits per heavy atom. The third-order valence-corrected chi connectivity index (χ3v) is 2.50. The third-order valence-electron chi connectivity index (χ3n) is 2.50. The van der Waals surface area contributed by atoms with Gasteiger partial charge < -0.3 is 0 Å². The summed E-state index contributed by atoms with van der Waals surface area (Å²) in [6.07, 6.45) is -2.46. The van der Waals surface area contributed by atoms with Crippen LogP contribution in [0.4, 0.5) is 14.5 Å². The van der Waals surface area contributed by atoms with Crippen LogP contribution >= 0.6 is 0 Å². The van der Waals surface area contributed by atoms with Crippen LogP contribution in [0.2, 0.25) is 0 Å². The molecule has 0 fully saturated rings. The van der Waals surface area contributed by atoms with Crippen molar-refractivity contribution < 1.29 is 8.78 Å². The summed E-state index contributed by atoms with van der Waals surface area (Å²) in [5, 5.41) is 10.9. The molecule has 0 aromatic heterocycles. The van der Waals surface area contributed by atoms with Gasteiger partial charge in [-0.2, -0.15) is 0 Å². The van der Waals surface area contributed by atoms with Crippen LogP contribution in [0, 0.1) is 6.92 Å². The Morgan fingerprint density at radius 1 is 1.31 bits per heavy atom. The zero-order valence-corrected chi connectivity index (χ0v) is 9.06. The maximum atomic E-state index is 12.7. The quantitative estimate of drug-likeness (QED) is 0.776. The average Bonchev–Trinajstić information content (AvgIpc) is 2.64. The van der Waals surface area contributed by atoms with E-state index in [0.717, 1.165) is 0 Å². The predicted octanol–water partition coefficient (Wildman–Crippen LogP) is 2.92. The lowest BCUT2D eigenvalue weighted by molar-refractivity contribution is 0.150. The van der Waals surface area contributed by atoms with Crippen molar-refractivity contribution in [3.05, 3.63) is 29.3 Å². The van der Waals surface area contributed by atoms with Gasteiger partial charge in [-0.15, -0.1) is 0 Å². The maximum Gasteiger partial charge on any atom is 0.264 e. The molecular weight excluding hydrogens is 214 g/mol. The molecule has 0 radical (unpaired) electrons. The summed E-state index contributed by atoms with van der Waals surface area (Å²) in [5.41, 5.74) is 1.26. The van der Waals surface area contributed by atoms with Gasteiger partial charge in [0, 0.05) is 12.6 Å². The van der Waals surface area contributed by atoms with Gasteiger partial charge in [-0.05, 0) is 23.8 Å². The Balaban J connectivity index is 2.35. The molecule has 0 spiro atoms. The molecule has 0 unspecified atom stereocenters. The lowest BCUT2D eigenvalue weighted by Gasteiger charge is -2.17. The summed E-state index contributed by atoms with van der Waals surface area (Å²) < 4.78 is 25.4. The molecule has 6 heteroatoms. The van der Waals surface area contributed by atoms with Crippen LogP contribution in [-0.2, 0) is 0 Å². The Kier molecular flexibility index (Phi) is 2.72. The van der Waals surface area contributed by atoms with E-state index in [-0.39, 0.29) is 5.56 Å². The molecule has 0 saturated carbocycles. The van der Waals surface area contributed by atoms with Crippen LogP contribution in [0.1, 0.15) is 17.6 Å². The van der Waals surface area contributed by atoms with Crippen molar-refractivity contribution in [1.29, 1.82) is 0 Å². The molecule has 0 amide bonds. The molecule has 0 N–H and O–H groups in total. The summed E-state index contributed by atoms with van der Waals surface area (Å²) in [7, 11) is 1.77. The van der Waals surface area contributed by atoms with Crippen LogP contribution in [0.25, 0.3) is 0 Å². The van der Waals surface area contributed by atoms with E-state index in [2.05, 4.69) is 10.4 Å². The standard InChI is InChI=1S/C10H12F2N4/c1-7-8(10(11)12)4-3-5-9(7)16-6-15(2)13-14-16/h3-5,10H,6H2,1-2H3. The molecule has 1 aliphatic heterocycles. The van der Waals surface area contributed by atoms with Crippen molar-refractivity contribution in [3.8, 4) is 0 Å². The lowest BCUT2D eigenvalue weighted by atomic mass is 10.1. The van der Waals surface area contributed by atoms with E-state index in [1.807, 2.05) is 0 Å². The van der Waals surface area contributed by atoms with E-state index in [4.69, 9.17) is 0 Å². The predicted molar refractivity (Wildman–Crippen MR) is 56.1 cm³/mol. The number of benzene rings is 1. The highest BCUT2D eigenvalue weighted by Gasteiger charge is 2.19. The second-order valence-corrected chi connectivity index (χ2v) is 3.67. The van der Waals surface area contributed by atoms with Crippen molar-refractivity contribution in [2.24, 2.45) is 10.4 Å². The topological polar surface area (TPSA) is 31.2 Å². The zero-order chi connectivity index (χ0) is 11.7. The number of halogens is 2. The van der Waals surface area contributed by atoms with Crippen LogP contribution in [0.5, 0.6) is 0 Å². The molecule has 0 atom stereocenters. The van der Waals surface area contributed by atoms with Crippen LogP contribution in [-0.4, -0.2) is 18.7 Å². The number of nitrogens with zero attached hydrogens (tertiary/aromatic N) is 4. The minimum absolute atomic E-state index is 0.0438. The van der Waals surface area contributed by atoms with Crippen LogP contribution in [0.3, 0.4) is 0 Å². The van der Waals surface area contributed by atoms with Crippen molar-refractivity contribution in [2.45, 2.75) is 13.3 Å². The van der Waals surface area contributed by atoms with E-state index in [0.29, 0.717) is 17.9 Å². The molecule has 1 heterocycles. The van der Waals surface area contributed by atoms with Gasteiger partial charge in [0.2, 0.25) is 0 Å². The normalized spacial score (nSPS) is 15.3. The van der Waals surface area contributed by atoms with Crippen molar-refractivity contribution in [2.75, 3.05) is 18.7 Å². The van der Waals surface area contributed by atoms with E-state index in [1.165, 1.54) is 6.07 Å². The molecule has 16 heavy (non-hydrogen) atoms. The number of rotatable bonds is 2. The summed E-state index contributed by atoms with van der Waals surface area (Å²) >= 11 is 0. The fourth-order valence-electron chi connectivity index (χ4n) is 1.65. The van der Waals surface area contributed by atoms with E-state index in [9.17, 15) is 8.78 Å². The Morgan fingerprint density at radius 2 is 2.06 bits per heavy atom. The first kappa shape index (κ1) is 10.8. The first-order valence-corrected chi connectivity index (χ1v) is 4.87. The molecule has 4 nitrogen and oxygen atoms in total. The highest BCUT2D eigenvalue weighted by molar-refractivity contribution is 5.55. The molecular formula is C10H12F2N4. The molecule has 86 valence electrons. The number of alkyl halides is 2. The number of hydrogen-bond acceptors (Lipinski definition) is 4. The molecule has 0 aliphatic carbocycles. The smallest absolute Gasteiger partial charge is 0.258 e. The molecule has 0 bridgehead atoms. The van der Waals surface area contributed by atoms with Gasteiger partial charge in [-0.1, -0.05) is 17.4 Å². The van der Waals surface area contributed by atoms with Gasteiger partial charge in [-0.25, -0.2) is 13.8 Å². The molecule has 1 aliphatic rings. The highest BCUT2D eigenvalue weighted by atomic mass is 19.3. The fourth-order valence-corrected chi connectivity index (χ4v) is 1.65. The van der Waals surface area contributed by atoms with Gasteiger partial charge >= 0.3 is 0 Å². The van der Waals surface area contributed by atoms with Gasteiger partial charge in [0.15, 0.2) is 0 Å². The van der Waals surface area contributed by atoms with E-state index >= 15 is 0 Å². The first-order chi connectivity index (χ1) is 7.59. The first-order valence-electron chi connectivity index (χ1n) is 4.87.